The van der Waals surface area contributed by atoms with E-state index >= 15 is 0 Å². The van der Waals surface area contributed by atoms with Gasteiger partial charge >= 0.3 is 0 Å². The summed E-state index contributed by atoms with van der Waals surface area (Å²) < 4.78 is 0. The second-order valence-corrected chi connectivity index (χ2v) is 6.15. The summed E-state index contributed by atoms with van der Waals surface area (Å²) in [6, 6.07) is 10.5. The van der Waals surface area contributed by atoms with E-state index in [-0.39, 0.29) is 24.2 Å². The normalized spacial score (nSPS) is 12.5. The number of hydrogen-bond acceptors (Lipinski definition) is 4. The number of phenolic OH excluding ortho intramolecular Hbond substituents is 1. The monoisotopic (exact) mass is 346 g/mol. The van der Waals surface area contributed by atoms with Crippen molar-refractivity contribution in [1.82, 2.24) is 10.6 Å². The first-order chi connectivity index (χ1) is 11.6. The largest absolute Gasteiger partial charge is 0.508 e. The summed E-state index contributed by atoms with van der Waals surface area (Å²) in [6.07, 6.45) is 0. The smallest absolute Gasteiger partial charge is 0.246 e. The third-order valence-corrected chi connectivity index (χ3v) is 4.25. The van der Waals surface area contributed by atoms with E-state index in [0.29, 0.717) is 18.2 Å². The number of anilines is 1. The van der Waals surface area contributed by atoms with Crippen molar-refractivity contribution in [3.8, 4) is 5.75 Å². The van der Waals surface area contributed by atoms with Crippen LogP contribution < -0.4 is 16.0 Å². The van der Waals surface area contributed by atoms with Crippen LogP contribution in [0.2, 0.25) is 0 Å². The van der Waals surface area contributed by atoms with Gasteiger partial charge in [-0.05, 0) is 49.6 Å². The number of aromatic hydroxyl groups is 1. The molecule has 2 rings (SSSR count). The van der Waals surface area contributed by atoms with E-state index in [0.717, 1.165) is 0 Å². The number of aliphatic imine (C=N–C) groups is 1. The van der Waals surface area contributed by atoms with Crippen LogP contribution in [0.4, 0.5) is 5.69 Å². The minimum absolute atomic E-state index is 0.00731. The Morgan fingerprint density at radius 2 is 2.04 bits per heavy atom. The Kier molecular flexibility index (Phi) is 6.62. The molecule has 6 nitrogen and oxygen atoms in total. The topological polar surface area (TPSA) is 85.8 Å². The molecule has 0 aliphatic heterocycles. The van der Waals surface area contributed by atoms with Gasteiger partial charge in [-0.3, -0.25) is 4.79 Å². The van der Waals surface area contributed by atoms with Crippen LogP contribution in [0.5, 0.6) is 5.75 Å². The van der Waals surface area contributed by atoms with Crippen LogP contribution >= 0.6 is 11.3 Å². The van der Waals surface area contributed by atoms with Crippen LogP contribution in [-0.4, -0.2) is 30.1 Å². The predicted molar refractivity (Wildman–Crippen MR) is 98.6 cm³/mol. The summed E-state index contributed by atoms with van der Waals surface area (Å²) in [4.78, 5) is 17.5. The molecule has 1 atom stereocenters. The first kappa shape index (κ1) is 17.8. The number of phenols is 1. The molecular formula is C17H22N4O2S. The molecule has 1 heterocycles. The SMILES string of the molecule is CCNC(=NCC(=O)Nc1ccc(O)cc1)NC(C)c1cccs1. The number of hydrogen-bond donors (Lipinski definition) is 4. The van der Waals surface area contributed by atoms with Gasteiger partial charge in [0.15, 0.2) is 5.96 Å². The van der Waals surface area contributed by atoms with Gasteiger partial charge in [0.1, 0.15) is 12.3 Å². The number of amides is 1. The summed E-state index contributed by atoms with van der Waals surface area (Å²) in [7, 11) is 0. The minimum Gasteiger partial charge on any atom is -0.508 e. The molecule has 7 heteroatoms. The number of nitrogens with zero attached hydrogens (tertiary/aromatic N) is 1. The Labute approximate surface area is 145 Å². The van der Waals surface area contributed by atoms with E-state index in [1.807, 2.05) is 18.4 Å². The zero-order valence-electron chi connectivity index (χ0n) is 13.7. The lowest BCUT2D eigenvalue weighted by Gasteiger charge is -2.16. The van der Waals surface area contributed by atoms with Gasteiger partial charge in [-0.2, -0.15) is 0 Å². The van der Waals surface area contributed by atoms with E-state index in [9.17, 15) is 9.90 Å². The molecule has 0 fully saturated rings. The lowest BCUT2D eigenvalue weighted by molar-refractivity contribution is -0.114. The van der Waals surface area contributed by atoms with Crippen LogP contribution in [0.25, 0.3) is 0 Å². The highest BCUT2D eigenvalue weighted by Gasteiger charge is 2.09. The number of carbonyl (C=O) groups is 1. The molecular weight excluding hydrogens is 324 g/mol. The van der Waals surface area contributed by atoms with Crippen molar-refractivity contribution in [2.24, 2.45) is 4.99 Å². The number of rotatable bonds is 6. The summed E-state index contributed by atoms with van der Waals surface area (Å²) in [5.74, 6) is 0.535. The summed E-state index contributed by atoms with van der Waals surface area (Å²) >= 11 is 1.67. The van der Waals surface area contributed by atoms with Gasteiger partial charge in [-0.25, -0.2) is 4.99 Å². The van der Waals surface area contributed by atoms with Crippen molar-refractivity contribution in [3.05, 3.63) is 46.7 Å². The number of thiophene rings is 1. The number of benzene rings is 1. The van der Waals surface area contributed by atoms with Crippen LogP contribution in [-0.2, 0) is 4.79 Å². The van der Waals surface area contributed by atoms with E-state index < -0.39 is 0 Å². The van der Waals surface area contributed by atoms with Gasteiger partial charge in [0, 0.05) is 17.1 Å². The molecule has 1 unspecified atom stereocenters. The lowest BCUT2D eigenvalue weighted by atomic mass is 10.3. The number of carbonyl (C=O) groups excluding carboxylic acids is 1. The zero-order valence-corrected chi connectivity index (χ0v) is 14.6. The molecule has 0 spiro atoms. The maximum Gasteiger partial charge on any atom is 0.246 e. The van der Waals surface area contributed by atoms with Gasteiger partial charge < -0.3 is 21.1 Å². The van der Waals surface area contributed by atoms with Crippen molar-refractivity contribution < 1.29 is 9.90 Å². The van der Waals surface area contributed by atoms with Gasteiger partial charge in [-0.1, -0.05) is 6.07 Å². The molecule has 128 valence electrons. The van der Waals surface area contributed by atoms with Crippen molar-refractivity contribution in [3.63, 3.8) is 0 Å². The molecule has 0 aliphatic rings. The van der Waals surface area contributed by atoms with Crippen molar-refractivity contribution in [1.29, 1.82) is 0 Å². The van der Waals surface area contributed by atoms with Gasteiger partial charge in [0.25, 0.3) is 0 Å². The molecule has 24 heavy (non-hydrogen) atoms. The van der Waals surface area contributed by atoms with E-state index in [1.54, 1.807) is 23.5 Å². The minimum atomic E-state index is -0.221. The third kappa shape index (κ3) is 5.58. The number of guanidine groups is 1. The van der Waals surface area contributed by atoms with Crippen molar-refractivity contribution >= 4 is 28.9 Å². The zero-order chi connectivity index (χ0) is 17.4. The molecule has 2 aromatic rings. The Bertz CT molecular complexity index is 668. The van der Waals surface area contributed by atoms with Crippen molar-refractivity contribution in [2.75, 3.05) is 18.4 Å². The molecule has 0 saturated heterocycles. The predicted octanol–water partition coefficient (Wildman–Crippen LogP) is 2.71. The molecule has 1 amide bonds. The first-order valence-corrected chi connectivity index (χ1v) is 8.63. The quantitative estimate of drug-likeness (QED) is 0.368. The van der Waals surface area contributed by atoms with E-state index in [1.165, 1.54) is 17.0 Å². The highest BCUT2D eigenvalue weighted by atomic mass is 32.1. The van der Waals surface area contributed by atoms with Crippen LogP contribution in [0.1, 0.15) is 24.8 Å². The summed E-state index contributed by atoms with van der Waals surface area (Å²) in [5.41, 5.74) is 0.623. The Hall–Kier alpha value is -2.54. The average Bonchev–Trinajstić information content (AvgIpc) is 3.09. The standard InChI is InChI=1S/C17H22N4O2S/c1-3-18-17(20-12(2)15-5-4-10-24-15)19-11-16(23)21-13-6-8-14(22)9-7-13/h4-10,12,22H,3,11H2,1-2H3,(H,21,23)(H2,18,19,20). The second-order valence-electron chi connectivity index (χ2n) is 5.17. The molecule has 0 bridgehead atoms. The summed E-state index contributed by atoms with van der Waals surface area (Å²) in [6.45, 7) is 4.74. The fourth-order valence-electron chi connectivity index (χ4n) is 2.03. The van der Waals surface area contributed by atoms with E-state index in [2.05, 4.69) is 33.9 Å². The van der Waals surface area contributed by atoms with Crippen molar-refractivity contribution in [2.45, 2.75) is 19.9 Å². The maximum atomic E-state index is 12.0. The van der Waals surface area contributed by atoms with Gasteiger partial charge in [0.05, 0.1) is 6.04 Å². The van der Waals surface area contributed by atoms with Crippen LogP contribution in [0, 0.1) is 0 Å². The Morgan fingerprint density at radius 1 is 1.29 bits per heavy atom. The second kappa shape index (κ2) is 8.93. The fraction of sp³-hybridized carbons (Fsp3) is 0.294. The maximum absolute atomic E-state index is 12.0. The third-order valence-electron chi connectivity index (χ3n) is 3.20. The highest BCUT2D eigenvalue weighted by molar-refractivity contribution is 7.10. The van der Waals surface area contributed by atoms with E-state index in [4.69, 9.17) is 0 Å². The molecule has 1 aromatic heterocycles. The molecule has 0 saturated carbocycles. The molecule has 0 radical (unpaired) electrons. The summed E-state index contributed by atoms with van der Waals surface area (Å²) in [5, 5.41) is 20.4. The highest BCUT2D eigenvalue weighted by Crippen LogP contribution is 2.17. The van der Waals surface area contributed by atoms with Crippen LogP contribution in [0.15, 0.2) is 46.8 Å². The Morgan fingerprint density at radius 3 is 2.67 bits per heavy atom. The Balaban J connectivity index is 1.92. The number of nitrogens with one attached hydrogen (secondary N) is 3. The van der Waals surface area contributed by atoms with Gasteiger partial charge in [0.2, 0.25) is 5.91 Å². The van der Waals surface area contributed by atoms with Gasteiger partial charge in [-0.15, -0.1) is 11.3 Å². The molecule has 1 aromatic carbocycles. The average molecular weight is 346 g/mol. The fourth-order valence-corrected chi connectivity index (χ4v) is 2.76. The lowest BCUT2D eigenvalue weighted by Crippen LogP contribution is -2.39. The molecule has 4 N–H and O–H groups in total. The molecule has 0 aliphatic carbocycles. The van der Waals surface area contributed by atoms with Crippen LogP contribution in [0.3, 0.4) is 0 Å². The first-order valence-electron chi connectivity index (χ1n) is 7.75.